The Balaban J connectivity index is 0.00000338. The molecule has 1 unspecified atom stereocenters. The molecule has 1 heterocycles. The summed E-state index contributed by atoms with van der Waals surface area (Å²) in [5.41, 5.74) is 1.21. The molecule has 0 amide bonds. The number of rotatable bonds is 7. The molecule has 0 aliphatic carbocycles. The van der Waals surface area contributed by atoms with Crippen LogP contribution in [-0.2, 0) is 6.42 Å². The second-order valence-electron chi connectivity index (χ2n) is 6.60. The molecule has 0 spiro atoms. The van der Waals surface area contributed by atoms with Gasteiger partial charge in [-0.2, -0.15) is 0 Å². The van der Waals surface area contributed by atoms with E-state index in [1.807, 2.05) is 18.2 Å². The third-order valence-electron chi connectivity index (χ3n) is 4.66. The Morgan fingerprint density at radius 1 is 1.23 bits per heavy atom. The highest BCUT2D eigenvalue weighted by molar-refractivity contribution is 14.0. The fraction of sp³-hybridized carbons (Fsp3) is 0.632. The first-order valence-corrected chi connectivity index (χ1v) is 9.17. The molecule has 2 rings (SSSR count). The minimum atomic E-state index is 0. The van der Waals surface area contributed by atoms with Crippen molar-refractivity contribution in [2.45, 2.75) is 19.4 Å². The van der Waals surface area contributed by atoms with Gasteiger partial charge in [-0.1, -0.05) is 18.2 Å². The van der Waals surface area contributed by atoms with Crippen molar-refractivity contribution < 1.29 is 4.74 Å². The smallest absolute Gasteiger partial charge is 0.191 e. The number of nitrogens with one attached hydrogen (secondary N) is 2. The summed E-state index contributed by atoms with van der Waals surface area (Å²) in [4.78, 5) is 9.57. The van der Waals surface area contributed by atoms with Gasteiger partial charge in [0.05, 0.1) is 13.7 Å². The van der Waals surface area contributed by atoms with Crippen LogP contribution in [0.1, 0.15) is 12.5 Å². The van der Waals surface area contributed by atoms with Gasteiger partial charge in [-0.3, -0.25) is 9.89 Å². The summed E-state index contributed by atoms with van der Waals surface area (Å²) in [6.45, 7) is 7.90. The van der Waals surface area contributed by atoms with Crippen LogP contribution in [0.3, 0.4) is 0 Å². The average molecular weight is 475 g/mol. The number of halogens is 1. The molecule has 1 fully saturated rings. The lowest BCUT2D eigenvalue weighted by molar-refractivity contribution is 0.119. The molecule has 1 saturated heterocycles. The van der Waals surface area contributed by atoms with Gasteiger partial charge in [-0.05, 0) is 39.1 Å². The maximum atomic E-state index is 5.42. The van der Waals surface area contributed by atoms with Gasteiger partial charge in [0.2, 0.25) is 0 Å². The maximum Gasteiger partial charge on any atom is 0.191 e. The minimum absolute atomic E-state index is 0. The van der Waals surface area contributed by atoms with E-state index in [1.165, 1.54) is 5.56 Å². The van der Waals surface area contributed by atoms with Crippen LogP contribution in [-0.4, -0.2) is 82.3 Å². The zero-order chi connectivity index (χ0) is 18.1. The SMILES string of the molecule is CCNC(=NCC1CN(C)CCN1C)NCCc1ccccc1OC.I. The van der Waals surface area contributed by atoms with Crippen molar-refractivity contribution in [1.82, 2.24) is 20.4 Å². The number of methoxy groups -OCH3 is 1. The van der Waals surface area contributed by atoms with E-state index in [4.69, 9.17) is 9.73 Å². The standard InChI is InChI=1S/C19H33N5O.HI/c1-5-20-19(22-14-17-15-23(2)12-13-24(17)3)21-11-10-16-8-6-7-9-18(16)25-4;/h6-9,17H,5,10-15H2,1-4H3,(H2,20,21,22);1H. The number of aliphatic imine (C=N–C) groups is 1. The van der Waals surface area contributed by atoms with Crippen LogP contribution in [0.25, 0.3) is 0 Å². The molecule has 1 aromatic rings. The molecule has 0 radical (unpaired) electrons. The second kappa shape index (κ2) is 12.3. The van der Waals surface area contributed by atoms with E-state index in [0.29, 0.717) is 6.04 Å². The van der Waals surface area contributed by atoms with Crippen molar-refractivity contribution in [3.05, 3.63) is 29.8 Å². The Hall–Kier alpha value is -1.06. The van der Waals surface area contributed by atoms with Gasteiger partial charge in [0.15, 0.2) is 5.96 Å². The Labute approximate surface area is 175 Å². The fourth-order valence-corrected chi connectivity index (χ4v) is 3.06. The van der Waals surface area contributed by atoms with Crippen molar-refractivity contribution in [2.75, 3.05) is 60.5 Å². The fourth-order valence-electron chi connectivity index (χ4n) is 3.06. The molecule has 1 atom stereocenters. The topological polar surface area (TPSA) is 52.1 Å². The lowest BCUT2D eigenvalue weighted by Crippen LogP contribution is -2.51. The minimum Gasteiger partial charge on any atom is -0.496 e. The molecule has 148 valence electrons. The highest BCUT2D eigenvalue weighted by Crippen LogP contribution is 2.17. The van der Waals surface area contributed by atoms with Gasteiger partial charge in [-0.25, -0.2) is 0 Å². The quantitative estimate of drug-likeness (QED) is 0.357. The lowest BCUT2D eigenvalue weighted by Gasteiger charge is -2.36. The molecule has 1 aliphatic rings. The zero-order valence-corrected chi connectivity index (χ0v) is 18.8. The van der Waals surface area contributed by atoms with Gasteiger partial charge >= 0.3 is 0 Å². The summed E-state index contributed by atoms with van der Waals surface area (Å²) >= 11 is 0. The number of piperazine rings is 1. The molecule has 0 bridgehead atoms. The van der Waals surface area contributed by atoms with Crippen LogP contribution >= 0.6 is 24.0 Å². The highest BCUT2D eigenvalue weighted by Gasteiger charge is 2.21. The van der Waals surface area contributed by atoms with E-state index in [-0.39, 0.29) is 24.0 Å². The Kier molecular flexibility index (Phi) is 10.9. The molecular weight excluding hydrogens is 441 g/mol. The number of para-hydroxylation sites is 1. The van der Waals surface area contributed by atoms with Crippen LogP contribution in [0.4, 0.5) is 0 Å². The molecule has 26 heavy (non-hydrogen) atoms. The molecular formula is C19H34IN5O. The number of hydrogen-bond acceptors (Lipinski definition) is 4. The number of hydrogen-bond donors (Lipinski definition) is 2. The van der Waals surface area contributed by atoms with E-state index in [0.717, 1.165) is 57.4 Å². The Morgan fingerprint density at radius 3 is 2.73 bits per heavy atom. The molecule has 0 aromatic heterocycles. The normalized spacial score (nSPS) is 18.9. The summed E-state index contributed by atoms with van der Waals surface area (Å²) < 4.78 is 5.42. The summed E-state index contributed by atoms with van der Waals surface area (Å²) in [5.74, 6) is 1.83. The van der Waals surface area contributed by atoms with Gasteiger partial charge in [-0.15, -0.1) is 24.0 Å². The van der Waals surface area contributed by atoms with Crippen molar-refractivity contribution in [3.63, 3.8) is 0 Å². The van der Waals surface area contributed by atoms with Crippen LogP contribution < -0.4 is 15.4 Å². The third kappa shape index (κ3) is 7.28. The molecule has 1 aliphatic heterocycles. The lowest BCUT2D eigenvalue weighted by atomic mass is 10.1. The summed E-state index contributed by atoms with van der Waals surface area (Å²) in [6, 6.07) is 8.64. The predicted molar refractivity (Wildman–Crippen MR) is 120 cm³/mol. The number of nitrogens with zero attached hydrogens (tertiary/aromatic N) is 3. The van der Waals surface area contributed by atoms with Crippen LogP contribution in [0, 0.1) is 0 Å². The monoisotopic (exact) mass is 475 g/mol. The first-order chi connectivity index (χ1) is 12.1. The number of guanidine groups is 1. The summed E-state index contributed by atoms with van der Waals surface area (Å²) in [7, 11) is 6.09. The van der Waals surface area contributed by atoms with Crippen LogP contribution in [0.5, 0.6) is 5.75 Å². The van der Waals surface area contributed by atoms with Crippen molar-refractivity contribution in [3.8, 4) is 5.75 Å². The molecule has 0 saturated carbocycles. The first-order valence-electron chi connectivity index (χ1n) is 9.17. The highest BCUT2D eigenvalue weighted by atomic mass is 127. The molecule has 2 N–H and O–H groups in total. The maximum absolute atomic E-state index is 5.42. The van der Waals surface area contributed by atoms with Gasteiger partial charge in [0.1, 0.15) is 5.75 Å². The van der Waals surface area contributed by atoms with Gasteiger partial charge in [0, 0.05) is 38.8 Å². The summed E-state index contributed by atoms with van der Waals surface area (Å²) in [6.07, 6.45) is 0.903. The molecule has 7 heteroatoms. The molecule has 6 nitrogen and oxygen atoms in total. The van der Waals surface area contributed by atoms with Crippen molar-refractivity contribution in [1.29, 1.82) is 0 Å². The van der Waals surface area contributed by atoms with E-state index in [1.54, 1.807) is 7.11 Å². The van der Waals surface area contributed by atoms with Gasteiger partial charge < -0.3 is 20.3 Å². The number of ether oxygens (including phenoxy) is 1. The average Bonchev–Trinajstić information content (AvgIpc) is 2.62. The Morgan fingerprint density at radius 2 is 2.00 bits per heavy atom. The molecule has 1 aromatic carbocycles. The van der Waals surface area contributed by atoms with Crippen LogP contribution in [0.2, 0.25) is 0 Å². The largest absolute Gasteiger partial charge is 0.496 e. The number of benzene rings is 1. The predicted octanol–water partition coefficient (Wildman–Crippen LogP) is 1.66. The first kappa shape index (κ1) is 23.0. The Bertz CT molecular complexity index is 554. The van der Waals surface area contributed by atoms with Gasteiger partial charge in [0.25, 0.3) is 0 Å². The van der Waals surface area contributed by atoms with E-state index in [9.17, 15) is 0 Å². The number of likely N-dealkylation sites (N-methyl/N-ethyl adjacent to an activating group) is 2. The van der Waals surface area contributed by atoms with E-state index >= 15 is 0 Å². The van der Waals surface area contributed by atoms with Crippen molar-refractivity contribution in [2.24, 2.45) is 4.99 Å². The zero-order valence-electron chi connectivity index (χ0n) is 16.5. The van der Waals surface area contributed by atoms with E-state index in [2.05, 4.69) is 47.5 Å². The summed E-state index contributed by atoms with van der Waals surface area (Å²) in [5, 5.41) is 6.78. The van der Waals surface area contributed by atoms with Crippen molar-refractivity contribution >= 4 is 29.9 Å². The van der Waals surface area contributed by atoms with E-state index < -0.39 is 0 Å². The second-order valence-corrected chi connectivity index (χ2v) is 6.60. The van der Waals surface area contributed by atoms with Crippen LogP contribution in [0.15, 0.2) is 29.3 Å². The third-order valence-corrected chi connectivity index (χ3v) is 4.66.